The van der Waals surface area contributed by atoms with E-state index in [4.69, 9.17) is 9.47 Å². The SMILES string of the molecule is CN=C(NCC1(OC)CCOCC1)N1CCN(c2ccccn2)CC1. The number of rotatable bonds is 4. The van der Waals surface area contributed by atoms with Crippen molar-refractivity contribution in [1.29, 1.82) is 0 Å². The van der Waals surface area contributed by atoms with Crippen LogP contribution in [0.3, 0.4) is 0 Å². The highest BCUT2D eigenvalue weighted by atomic mass is 16.5. The Hall–Kier alpha value is -1.86. The summed E-state index contributed by atoms with van der Waals surface area (Å²) >= 11 is 0. The van der Waals surface area contributed by atoms with Crippen molar-refractivity contribution in [3.63, 3.8) is 0 Å². The molecule has 0 unspecified atom stereocenters. The van der Waals surface area contributed by atoms with E-state index in [1.807, 2.05) is 25.4 Å². The number of nitrogens with zero attached hydrogens (tertiary/aromatic N) is 4. The average Bonchev–Trinajstić information content (AvgIpc) is 2.70. The van der Waals surface area contributed by atoms with Crippen LogP contribution in [-0.4, -0.2) is 81.5 Å². The summed E-state index contributed by atoms with van der Waals surface area (Å²) in [5.74, 6) is 1.99. The van der Waals surface area contributed by atoms with Gasteiger partial charge in [-0.05, 0) is 12.1 Å². The van der Waals surface area contributed by atoms with Crippen LogP contribution in [0.1, 0.15) is 12.8 Å². The molecule has 7 heteroatoms. The quantitative estimate of drug-likeness (QED) is 0.647. The van der Waals surface area contributed by atoms with Gasteiger partial charge in [0.05, 0.1) is 5.60 Å². The molecule has 2 aliphatic heterocycles. The molecule has 0 spiro atoms. The third-order valence-electron chi connectivity index (χ3n) is 5.17. The van der Waals surface area contributed by atoms with Crippen molar-refractivity contribution in [1.82, 2.24) is 15.2 Å². The molecule has 0 amide bonds. The molecule has 0 aromatic carbocycles. The van der Waals surface area contributed by atoms with Gasteiger partial charge in [-0.15, -0.1) is 0 Å². The minimum atomic E-state index is -0.149. The lowest BCUT2D eigenvalue weighted by atomic mass is 9.94. The van der Waals surface area contributed by atoms with Crippen LogP contribution in [0.4, 0.5) is 5.82 Å². The molecule has 3 heterocycles. The van der Waals surface area contributed by atoms with Gasteiger partial charge in [0.25, 0.3) is 0 Å². The highest BCUT2D eigenvalue weighted by Crippen LogP contribution is 2.23. The first kappa shape index (κ1) is 17.9. The van der Waals surface area contributed by atoms with Gasteiger partial charge in [-0.1, -0.05) is 6.07 Å². The number of guanidine groups is 1. The maximum Gasteiger partial charge on any atom is 0.193 e. The number of hydrogen-bond donors (Lipinski definition) is 1. The van der Waals surface area contributed by atoms with Crippen molar-refractivity contribution in [2.24, 2.45) is 4.99 Å². The lowest BCUT2D eigenvalue weighted by Gasteiger charge is -2.40. The van der Waals surface area contributed by atoms with E-state index in [0.717, 1.165) is 70.6 Å². The van der Waals surface area contributed by atoms with Crippen LogP contribution in [-0.2, 0) is 9.47 Å². The molecule has 7 nitrogen and oxygen atoms in total. The Labute approximate surface area is 150 Å². The minimum absolute atomic E-state index is 0.149. The Morgan fingerprint density at radius 2 is 2.04 bits per heavy atom. The molecule has 0 bridgehead atoms. The topological polar surface area (TPSA) is 62.2 Å². The van der Waals surface area contributed by atoms with Gasteiger partial charge in [0.2, 0.25) is 0 Å². The lowest BCUT2D eigenvalue weighted by Crippen LogP contribution is -2.56. The van der Waals surface area contributed by atoms with E-state index in [-0.39, 0.29) is 5.60 Å². The second kappa shape index (κ2) is 8.49. The minimum Gasteiger partial charge on any atom is -0.381 e. The normalized spacial score (nSPS) is 21.3. The van der Waals surface area contributed by atoms with Crippen molar-refractivity contribution < 1.29 is 9.47 Å². The van der Waals surface area contributed by atoms with Crippen LogP contribution in [0.15, 0.2) is 29.4 Å². The smallest absolute Gasteiger partial charge is 0.193 e. The fourth-order valence-corrected chi connectivity index (χ4v) is 3.46. The van der Waals surface area contributed by atoms with E-state index < -0.39 is 0 Å². The Bertz CT molecular complexity index is 552. The Balaban J connectivity index is 1.52. The zero-order valence-electron chi connectivity index (χ0n) is 15.3. The molecule has 0 radical (unpaired) electrons. The number of anilines is 1. The Kier molecular flexibility index (Phi) is 6.09. The first-order chi connectivity index (χ1) is 12.3. The zero-order chi connectivity index (χ0) is 17.5. The van der Waals surface area contributed by atoms with Gasteiger partial charge >= 0.3 is 0 Å². The first-order valence-electron chi connectivity index (χ1n) is 9.01. The fraction of sp³-hybridized carbons (Fsp3) is 0.667. The lowest BCUT2D eigenvalue weighted by molar-refractivity contribution is -0.0857. The van der Waals surface area contributed by atoms with E-state index in [2.05, 4.69) is 31.2 Å². The molecule has 0 aliphatic carbocycles. The molecule has 3 rings (SSSR count). The molecule has 138 valence electrons. The molecular weight excluding hydrogens is 318 g/mol. The van der Waals surface area contributed by atoms with Crippen LogP contribution in [0, 0.1) is 0 Å². The molecule has 2 fully saturated rings. The molecule has 2 saturated heterocycles. The summed E-state index contributed by atoms with van der Waals surface area (Å²) in [6.45, 7) is 6.04. The van der Waals surface area contributed by atoms with Gasteiger partial charge in [-0.25, -0.2) is 4.98 Å². The van der Waals surface area contributed by atoms with Gasteiger partial charge in [0.1, 0.15) is 5.82 Å². The summed E-state index contributed by atoms with van der Waals surface area (Å²) < 4.78 is 11.3. The third-order valence-corrected chi connectivity index (χ3v) is 5.17. The van der Waals surface area contributed by atoms with Crippen molar-refractivity contribution in [2.75, 3.05) is 65.0 Å². The highest BCUT2D eigenvalue weighted by Gasteiger charge is 2.33. The van der Waals surface area contributed by atoms with Crippen LogP contribution < -0.4 is 10.2 Å². The number of piperazine rings is 1. The van der Waals surface area contributed by atoms with Crippen molar-refractivity contribution in [3.8, 4) is 0 Å². The van der Waals surface area contributed by atoms with Crippen LogP contribution in [0.5, 0.6) is 0 Å². The number of aliphatic imine (C=N–C) groups is 1. The summed E-state index contributed by atoms with van der Waals surface area (Å²) in [7, 11) is 3.64. The van der Waals surface area contributed by atoms with Crippen molar-refractivity contribution in [2.45, 2.75) is 18.4 Å². The van der Waals surface area contributed by atoms with Crippen LogP contribution in [0.2, 0.25) is 0 Å². The molecule has 0 saturated carbocycles. The molecule has 1 aromatic heterocycles. The van der Waals surface area contributed by atoms with Gasteiger partial charge in [0.15, 0.2) is 5.96 Å². The molecule has 25 heavy (non-hydrogen) atoms. The summed E-state index contributed by atoms with van der Waals surface area (Å²) in [5.41, 5.74) is -0.149. The average molecular weight is 347 g/mol. The molecule has 1 aromatic rings. The van der Waals surface area contributed by atoms with E-state index in [1.54, 1.807) is 7.11 Å². The zero-order valence-corrected chi connectivity index (χ0v) is 15.3. The standard InChI is InChI=1S/C18H29N5O2/c1-19-17(21-15-18(24-2)6-13-25-14-7-18)23-11-9-22(10-12-23)16-5-3-4-8-20-16/h3-5,8H,6-7,9-15H2,1-2H3,(H,19,21). The fourth-order valence-electron chi connectivity index (χ4n) is 3.46. The van der Waals surface area contributed by atoms with Gasteiger partial charge in [0, 0.05) is 79.1 Å². The van der Waals surface area contributed by atoms with Crippen molar-refractivity contribution >= 4 is 11.8 Å². The Morgan fingerprint density at radius 1 is 1.28 bits per heavy atom. The first-order valence-corrected chi connectivity index (χ1v) is 9.01. The van der Waals surface area contributed by atoms with E-state index in [9.17, 15) is 0 Å². The molecule has 1 N–H and O–H groups in total. The maximum absolute atomic E-state index is 5.80. The summed E-state index contributed by atoms with van der Waals surface area (Å²) in [6, 6.07) is 6.05. The van der Waals surface area contributed by atoms with Crippen LogP contribution >= 0.6 is 0 Å². The van der Waals surface area contributed by atoms with Crippen LogP contribution in [0.25, 0.3) is 0 Å². The summed E-state index contributed by atoms with van der Waals surface area (Å²) in [6.07, 6.45) is 3.68. The number of methoxy groups -OCH3 is 1. The second-order valence-electron chi connectivity index (χ2n) is 6.56. The largest absolute Gasteiger partial charge is 0.381 e. The summed E-state index contributed by atoms with van der Waals surface area (Å²) in [5, 5.41) is 3.52. The maximum atomic E-state index is 5.80. The highest BCUT2D eigenvalue weighted by molar-refractivity contribution is 5.80. The predicted molar refractivity (Wildman–Crippen MR) is 99.2 cm³/mol. The molecule has 2 aliphatic rings. The van der Waals surface area contributed by atoms with Gasteiger partial charge in [-0.2, -0.15) is 0 Å². The monoisotopic (exact) mass is 347 g/mol. The summed E-state index contributed by atoms with van der Waals surface area (Å²) in [4.78, 5) is 13.5. The number of ether oxygens (including phenoxy) is 2. The number of nitrogens with one attached hydrogen (secondary N) is 1. The van der Waals surface area contributed by atoms with E-state index in [0.29, 0.717) is 0 Å². The van der Waals surface area contributed by atoms with Gasteiger partial charge < -0.3 is 24.6 Å². The van der Waals surface area contributed by atoms with Crippen molar-refractivity contribution in [3.05, 3.63) is 24.4 Å². The number of hydrogen-bond acceptors (Lipinski definition) is 5. The van der Waals surface area contributed by atoms with E-state index >= 15 is 0 Å². The Morgan fingerprint density at radius 3 is 2.64 bits per heavy atom. The second-order valence-corrected chi connectivity index (χ2v) is 6.56. The predicted octanol–water partition coefficient (Wildman–Crippen LogP) is 0.975. The number of pyridine rings is 1. The number of aromatic nitrogens is 1. The van der Waals surface area contributed by atoms with Gasteiger partial charge in [-0.3, -0.25) is 4.99 Å². The molecule has 0 atom stereocenters. The molecular formula is C18H29N5O2. The van der Waals surface area contributed by atoms with E-state index in [1.165, 1.54) is 0 Å². The third kappa shape index (κ3) is 4.41.